The summed E-state index contributed by atoms with van der Waals surface area (Å²) in [6.45, 7) is 9.59. The first-order chi connectivity index (χ1) is 16.1. The molecule has 8 heteroatoms. The smallest absolute Gasteiger partial charge is 0.276 e. The van der Waals surface area contributed by atoms with Gasteiger partial charge in [0.05, 0.1) is 10.2 Å². The van der Waals surface area contributed by atoms with Gasteiger partial charge in [-0.2, -0.15) is 0 Å². The molecule has 4 aromatic rings. The van der Waals surface area contributed by atoms with E-state index < -0.39 is 0 Å². The molecule has 1 aliphatic rings. The van der Waals surface area contributed by atoms with E-state index in [1.807, 2.05) is 36.4 Å². The van der Waals surface area contributed by atoms with E-state index in [-0.39, 0.29) is 11.6 Å². The fraction of sp³-hybridized carbons (Fsp3) is 0.280. The fourth-order valence-electron chi connectivity index (χ4n) is 4.22. The molecule has 2 aromatic heterocycles. The third-order valence-electron chi connectivity index (χ3n) is 6.02. The SMILES string of the molecule is CCN1CCN(c2ccc(NC(=O)c3nccnc3-c3nc4ccccc4s3)cc2C)CC1. The number of thiazole rings is 1. The summed E-state index contributed by atoms with van der Waals surface area (Å²) in [5.41, 5.74) is 4.77. The molecule has 1 amide bonds. The molecule has 0 atom stereocenters. The number of para-hydroxylation sites is 1. The Balaban J connectivity index is 1.36. The van der Waals surface area contributed by atoms with E-state index in [0.717, 1.165) is 54.2 Å². The van der Waals surface area contributed by atoms with Crippen molar-refractivity contribution in [1.29, 1.82) is 0 Å². The topological polar surface area (TPSA) is 74.2 Å². The molecule has 1 aliphatic heterocycles. The van der Waals surface area contributed by atoms with Crippen LogP contribution in [0.3, 0.4) is 0 Å². The molecule has 0 bridgehead atoms. The van der Waals surface area contributed by atoms with Crippen LogP contribution >= 0.6 is 11.3 Å². The second kappa shape index (κ2) is 9.25. The van der Waals surface area contributed by atoms with Gasteiger partial charge in [-0.25, -0.2) is 15.0 Å². The number of carbonyl (C=O) groups excluding carboxylic acids is 1. The Kier molecular flexibility index (Phi) is 6.02. The van der Waals surface area contributed by atoms with Crippen LogP contribution in [0.5, 0.6) is 0 Å². The number of aromatic nitrogens is 3. The summed E-state index contributed by atoms with van der Waals surface area (Å²) in [6, 6.07) is 14.0. The number of nitrogens with one attached hydrogen (secondary N) is 1. The Labute approximate surface area is 197 Å². The number of benzene rings is 2. The molecule has 1 N–H and O–H groups in total. The number of hydrogen-bond acceptors (Lipinski definition) is 7. The first-order valence-electron chi connectivity index (χ1n) is 11.2. The van der Waals surface area contributed by atoms with Crippen molar-refractivity contribution in [2.45, 2.75) is 13.8 Å². The van der Waals surface area contributed by atoms with Crippen molar-refractivity contribution in [2.75, 3.05) is 42.9 Å². The molecule has 2 aromatic carbocycles. The van der Waals surface area contributed by atoms with Gasteiger partial charge in [0.15, 0.2) is 5.69 Å². The summed E-state index contributed by atoms with van der Waals surface area (Å²) in [4.78, 5) is 31.4. The summed E-state index contributed by atoms with van der Waals surface area (Å²) in [5, 5.41) is 3.69. The largest absolute Gasteiger partial charge is 0.369 e. The predicted molar refractivity (Wildman–Crippen MR) is 134 cm³/mol. The van der Waals surface area contributed by atoms with Gasteiger partial charge in [0, 0.05) is 49.9 Å². The van der Waals surface area contributed by atoms with Crippen molar-refractivity contribution in [3.63, 3.8) is 0 Å². The van der Waals surface area contributed by atoms with Crippen LogP contribution in [-0.4, -0.2) is 58.5 Å². The van der Waals surface area contributed by atoms with E-state index in [9.17, 15) is 4.79 Å². The molecule has 0 spiro atoms. The van der Waals surface area contributed by atoms with Crippen molar-refractivity contribution < 1.29 is 4.79 Å². The summed E-state index contributed by atoms with van der Waals surface area (Å²) < 4.78 is 1.05. The van der Waals surface area contributed by atoms with Crippen molar-refractivity contribution in [2.24, 2.45) is 0 Å². The minimum absolute atomic E-state index is 0.272. The lowest BCUT2D eigenvalue weighted by molar-refractivity contribution is 0.102. The molecule has 7 nitrogen and oxygen atoms in total. The van der Waals surface area contributed by atoms with E-state index in [0.29, 0.717) is 10.7 Å². The highest BCUT2D eigenvalue weighted by atomic mass is 32.1. The molecular formula is C25H26N6OS. The Morgan fingerprint density at radius 2 is 1.85 bits per heavy atom. The maximum absolute atomic E-state index is 13.1. The van der Waals surface area contributed by atoms with E-state index in [4.69, 9.17) is 0 Å². The number of fused-ring (bicyclic) bond motifs is 1. The van der Waals surface area contributed by atoms with Crippen LogP contribution in [0.1, 0.15) is 23.0 Å². The van der Waals surface area contributed by atoms with Crippen LogP contribution in [0, 0.1) is 6.92 Å². The summed E-state index contributed by atoms with van der Waals surface area (Å²) in [6.07, 6.45) is 3.13. The lowest BCUT2D eigenvalue weighted by atomic mass is 10.1. The number of carbonyl (C=O) groups is 1. The van der Waals surface area contributed by atoms with Crippen molar-refractivity contribution in [3.8, 4) is 10.7 Å². The molecule has 0 unspecified atom stereocenters. The monoisotopic (exact) mass is 458 g/mol. The maximum Gasteiger partial charge on any atom is 0.276 e. The van der Waals surface area contributed by atoms with Crippen LogP contribution in [0.15, 0.2) is 54.9 Å². The summed E-state index contributed by atoms with van der Waals surface area (Å²) >= 11 is 1.51. The molecule has 5 rings (SSSR count). The van der Waals surface area contributed by atoms with Crippen LogP contribution < -0.4 is 10.2 Å². The molecule has 168 valence electrons. The molecule has 0 saturated carbocycles. The highest BCUT2D eigenvalue weighted by Gasteiger charge is 2.20. The normalized spacial score (nSPS) is 14.5. The average Bonchev–Trinajstić information content (AvgIpc) is 3.28. The minimum atomic E-state index is -0.291. The number of aryl methyl sites for hydroxylation is 1. The van der Waals surface area contributed by atoms with Gasteiger partial charge in [-0.1, -0.05) is 19.1 Å². The quantitative estimate of drug-likeness (QED) is 0.476. The molecule has 0 radical (unpaired) electrons. The van der Waals surface area contributed by atoms with Gasteiger partial charge >= 0.3 is 0 Å². The molecule has 1 saturated heterocycles. The molecular weight excluding hydrogens is 432 g/mol. The van der Waals surface area contributed by atoms with Gasteiger partial charge in [-0.05, 0) is 49.4 Å². The van der Waals surface area contributed by atoms with Gasteiger partial charge in [0.1, 0.15) is 10.7 Å². The number of anilines is 2. The third-order valence-corrected chi connectivity index (χ3v) is 7.07. The molecule has 33 heavy (non-hydrogen) atoms. The maximum atomic E-state index is 13.1. The zero-order valence-corrected chi connectivity index (χ0v) is 19.6. The molecule has 3 heterocycles. The number of nitrogens with zero attached hydrogens (tertiary/aromatic N) is 5. The van der Waals surface area contributed by atoms with Crippen molar-refractivity contribution in [1.82, 2.24) is 19.9 Å². The highest BCUT2D eigenvalue weighted by molar-refractivity contribution is 7.21. The minimum Gasteiger partial charge on any atom is -0.369 e. The van der Waals surface area contributed by atoms with Crippen LogP contribution in [-0.2, 0) is 0 Å². The van der Waals surface area contributed by atoms with Gasteiger partial charge < -0.3 is 15.1 Å². The number of hydrogen-bond donors (Lipinski definition) is 1. The lowest BCUT2D eigenvalue weighted by Gasteiger charge is -2.36. The van der Waals surface area contributed by atoms with Gasteiger partial charge in [-0.15, -0.1) is 11.3 Å². The first-order valence-corrected chi connectivity index (χ1v) is 12.0. The van der Waals surface area contributed by atoms with Crippen LogP contribution in [0.25, 0.3) is 20.9 Å². The Bertz CT molecular complexity index is 1260. The lowest BCUT2D eigenvalue weighted by Crippen LogP contribution is -2.46. The zero-order valence-electron chi connectivity index (χ0n) is 18.8. The Morgan fingerprint density at radius 1 is 1.06 bits per heavy atom. The Morgan fingerprint density at radius 3 is 2.61 bits per heavy atom. The van der Waals surface area contributed by atoms with E-state index in [2.05, 4.69) is 50.0 Å². The second-order valence-corrected chi connectivity index (χ2v) is 9.15. The zero-order chi connectivity index (χ0) is 22.8. The standard InChI is InChI=1S/C25H26N6OS/c1-3-30-12-14-31(15-13-30)20-9-8-18(16-17(20)2)28-24(32)22-23(27-11-10-26-22)25-29-19-6-4-5-7-21(19)33-25/h4-11,16H,3,12-15H2,1-2H3,(H,28,32). The van der Waals surface area contributed by atoms with E-state index in [1.54, 1.807) is 6.20 Å². The number of likely N-dealkylation sites (N-methyl/N-ethyl adjacent to an activating group) is 1. The summed E-state index contributed by atoms with van der Waals surface area (Å²) in [7, 11) is 0. The highest BCUT2D eigenvalue weighted by Crippen LogP contribution is 2.31. The summed E-state index contributed by atoms with van der Waals surface area (Å²) in [5.74, 6) is -0.291. The van der Waals surface area contributed by atoms with E-state index >= 15 is 0 Å². The van der Waals surface area contributed by atoms with Crippen molar-refractivity contribution >= 4 is 38.8 Å². The number of piperazine rings is 1. The van der Waals surface area contributed by atoms with Crippen LogP contribution in [0.2, 0.25) is 0 Å². The van der Waals surface area contributed by atoms with E-state index in [1.165, 1.54) is 23.2 Å². The second-order valence-electron chi connectivity index (χ2n) is 8.12. The Hall–Kier alpha value is -3.36. The average molecular weight is 459 g/mol. The van der Waals surface area contributed by atoms with Gasteiger partial charge in [-0.3, -0.25) is 4.79 Å². The third kappa shape index (κ3) is 4.44. The van der Waals surface area contributed by atoms with Crippen LogP contribution in [0.4, 0.5) is 11.4 Å². The van der Waals surface area contributed by atoms with Gasteiger partial charge in [0.2, 0.25) is 0 Å². The van der Waals surface area contributed by atoms with Crippen molar-refractivity contribution in [3.05, 3.63) is 66.1 Å². The molecule has 0 aliphatic carbocycles. The number of rotatable bonds is 5. The predicted octanol–water partition coefficient (Wildman–Crippen LogP) is 4.46. The fourth-order valence-corrected chi connectivity index (χ4v) is 5.18. The first kappa shape index (κ1) is 21.5. The molecule has 1 fully saturated rings. The number of amides is 1. The van der Waals surface area contributed by atoms with Gasteiger partial charge in [0.25, 0.3) is 5.91 Å².